The molecule has 2 rings (SSSR count). The highest BCUT2D eigenvalue weighted by Gasteiger charge is 2.41. The molecular formula is C13H22N2O3. The van der Waals surface area contributed by atoms with Crippen molar-refractivity contribution in [2.24, 2.45) is 5.92 Å². The second-order valence-electron chi connectivity index (χ2n) is 5.34. The van der Waals surface area contributed by atoms with Crippen LogP contribution in [0.3, 0.4) is 0 Å². The lowest BCUT2D eigenvalue weighted by Gasteiger charge is -2.40. The number of aliphatic carboxylic acids is 1. The van der Waals surface area contributed by atoms with Gasteiger partial charge in [0.2, 0.25) is 5.91 Å². The van der Waals surface area contributed by atoms with E-state index in [-0.39, 0.29) is 12.3 Å². The number of carbonyl (C=O) groups excluding carboxylic acids is 1. The standard InChI is InChI=1S/C13H22N2O3/c1-2-3-10(9-4-5-9)15-7-6-14-13(18)11(15)8-12(16)17/h9-11H,2-8H2,1H3,(H,14,18)(H,16,17). The Morgan fingerprint density at radius 1 is 1.56 bits per heavy atom. The zero-order valence-corrected chi connectivity index (χ0v) is 10.9. The van der Waals surface area contributed by atoms with E-state index in [4.69, 9.17) is 5.11 Å². The van der Waals surface area contributed by atoms with Gasteiger partial charge in [0.25, 0.3) is 0 Å². The summed E-state index contributed by atoms with van der Waals surface area (Å²) in [5.41, 5.74) is 0. The number of piperazine rings is 1. The van der Waals surface area contributed by atoms with Gasteiger partial charge in [-0.1, -0.05) is 13.3 Å². The third kappa shape index (κ3) is 3.02. The summed E-state index contributed by atoms with van der Waals surface area (Å²) in [6.07, 6.45) is 4.51. The minimum Gasteiger partial charge on any atom is -0.481 e. The molecule has 2 N–H and O–H groups in total. The second-order valence-corrected chi connectivity index (χ2v) is 5.34. The van der Waals surface area contributed by atoms with Gasteiger partial charge in [-0.25, -0.2) is 0 Å². The van der Waals surface area contributed by atoms with Gasteiger partial charge in [0.1, 0.15) is 0 Å². The van der Waals surface area contributed by atoms with Gasteiger partial charge >= 0.3 is 5.97 Å². The van der Waals surface area contributed by atoms with Crippen molar-refractivity contribution in [1.29, 1.82) is 0 Å². The molecule has 1 saturated carbocycles. The minimum atomic E-state index is -0.895. The second kappa shape index (κ2) is 5.69. The van der Waals surface area contributed by atoms with E-state index in [9.17, 15) is 9.59 Å². The van der Waals surface area contributed by atoms with Gasteiger partial charge in [0.15, 0.2) is 0 Å². The fourth-order valence-electron chi connectivity index (χ4n) is 2.95. The highest BCUT2D eigenvalue weighted by Crippen LogP contribution is 2.38. The fraction of sp³-hybridized carbons (Fsp3) is 0.846. The van der Waals surface area contributed by atoms with Crippen LogP contribution in [0.2, 0.25) is 0 Å². The topological polar surface area (TPSA) is 69.6 Å². The predicted molar refractivity (Wildman–Crippen MR) is 67.2 cm³/mol. The van der Waals surface area contributed by atoms with Gasteiger partial charge in [0.05, 0.1) is 12.5 Å². The first-order valence-corrected chi connectivity index (χ1v) is 6.88. The average Bonchev–Trinajstić information content (AvgIpc) is 3.13. The molecule has 0 bridgehead atoms. The van der Waals surface area contributed by atoms with Crippen LogP contribution in [0.4, 0.5) is 0 Å². The molecule has 18 heavy (non-hydrogen) atoms. The number of nitrogens with zero attached hydrogens (tertiary/aromatic N) is 1. The van der Waals surface area contributed by atoms with E-state index in [1.165, 1.54) is 12.8 Å². The van der Waals surface area contributed by atoms with Crippen molar-refractivity contribution in [2.75, 3.05) is 13.1 Å². The molecule has 2 fully saturated rings. The Bertz CT molecular complexity index is 328. The zero-order chi connectivity index (χ0) is 13.1. The van der Waals surface area contributed by atoms with Gasteiger partial charge in [-0.2, -0.15) is 0 Å². The van der Waals surface area contributed by atoms with Crippen LogP contribution < -0.4 is 5.32 Å². The SMILES string of the molecule is CCCC(C1CC1)N1CCNC(=O)C1CC(=O)O. The zero-order valence-electron chi connectivity index (χ0n) is 10.9. The summed E-state index contributed by atoms with van der Waals surface area (Å²) in [5.74, 6) is -0.342. The first-order chi connectivity index (χ1) is 8.63. The van der Waals surface area contributed by atoms with Crippen molar-refractivity contribution in [3.63, 3.8) is 0 Å². The van der Waals surface area contributed by atoms with Crippen LogP contribution in [0.25, 0.3) is 0 Å². The molecule has 0 aromatic rings. The van der Waals surface area contributed by atoms with E-state index in [1.807, 2.05) is 0 Å². The van der Waals surface area contributed by atoms with Gasteiger partial charge in [-0.15, -0.1) is 0 Å². The van der Waals surface area contributed by atoms with Crippen LogP contribution in [0.1, 0.15) is 39.0 Å². The smallest absolute Gasteiger partial charge is 0.305 e. The van der Waals surface area contributed by atoms with Crippen molar-refractivity contribution in [2.45, 2.75) is 51.1 Å². The lowest BCUT2D eigenvalue weighted by atomic mass is 9.99. The van der Waals surface area contributed by atoms with Crippen LogP contribution in [0, 0.1) is 5.92 Å². The molecule has 0 spiro atoms. The van der Waals surface area contributed by atoms with Gasteiger partial charge in [0, 0.05) is 19.1 Å². The van der Waals surface area contributed by atoms with Crippen molar-refractivity contribution < 1.29 is 14.7 Å². The third-order valence-electron chi connectivity index (χ3n) is 3.92. The van der Waals surface area contributed by atoms with E-state index in [0.717, 1.165) is 19.4 Å². The van der Waals surface area contributed by atoms with Crippen LogP contribution >= 0.6 is 0 Å². The third-order valence-corrected chi connectivity index (χ3v) is 3.92. The minimum absolute atomic E-state index is 0.0846. The molecule has 0 radical (unpaired) electrons. The van der Waals surface area contributed by atoms with Gasteiger partial charge in [-0.3, -0.25) is 14.5 Å². The Morgan fingerprint density at radius 2 is 2.28 bits per heavy atom. The average molecular weight is 254 g/mol. The molecular weight excluding hydrogens is 232 g/mol. The number of amides is 1. The fourth-order valence-corrected chi connectivity index (χ4v) is 2.95. The number of rotatable bonds is 6. The highest BCUT2D eigenvalue weighted by molar-refractivity contribution is 5.86. The summed E-state index contributed by atoms with van der Waals surface area (Å²) in [5, 5.41) is 11.7. The monoisotopic (exact) mass is 254 g/mol. The largest absolute Gasteiger partial charge is 0.481 e. The van der Waals surface area contributed by atoms with Crippen molar-refractivity contribution in [3.8, 4) is 0 Å². The Kier molecular flexibility index (Phi) is 4.22. The van der Waals surface area contributed by atoms with Crippen LogP contribution in [0.5, 0.6) is 0 Å². The summed E-state index contributed by atoms with van der Waals surface area (Å²) in [6, 6.07) is -0.0844. The van der Waals surface area contributed by atoms with Crippen molar-refractivity contribution >= 4 is 11.9 Å². The number of carboxylic acids is 1. The molecule has 1 aliphatic carbocycles. The lowest BCUT2D eigenvalue weighted by Crippen LogP contribution is -2.59. The molecule has 1 heterocycles. The van der Waals surface area contributed by atoms with E-state index in [2.05, 4.69) is 17.1 Å². The highest BCUT2D eigenvalue weighted by atomic mass is 16.4. The number of hydrogen-bond acceptors (Lipinski definition) is 3. The quantitative estimate of drug-likeness (QED) is 0.737. The summed E-state index contributed by atoms with van der Waals surface area (Å²) in [4.78, 5) is 24.9. The molecule has 102 valence electrons. The maximum absolute atomic E-state index is 11.9. The van der Waals surface area contributed by atoms with E-state index >= 15 is 0 Å². The Balaban J connectivity index is 2.09. The predicted octanol–water partition coefficient (Wildman–Crippen LogP) is 0.840. The van der Waals surface area contributed by atoms with E-state index in [1.54, 1.807) is 0 Å². The Morgan fingerprint density at radius 3 is 2.83 bits per heavy atom. The van der Waals surface area contributed by atoms with Crippen LogP contribution in [-0.2, 0) is 9.59 Å². The number of nitrogens with one attached hydrogen (secondary N) is 1. The maximum Gasteiger partial charge on any atom is 0.305 e. The van der Waals surface area contributed by atoms with Crippen LogP contribution in [0.15, 0.2) is 0 Å². The number of hydrogen-bond donors (Lipinski definition) is 2. The number of carboxylic acid groups (broad SMARTS) is 1. The summed E-state index contributed by atoms with van der Waals surface area (Å²) in [7, 11) is 0. The molecule has 0 aromatic heterocycles. The molecule has 1 saturated heterocycles. The summed E-state index contributed by atoms with van der Waals surface area (Å²) in [6.45, 7) is 3.57. The molecule has 5 heteroatoms. The van der Waals surface area contributed by atoms with Crippen LogP contribution in [-0.4, -0.2) is 47.1 Å². The lowest BCUT2D eigenvalue weighted by molar-refractivity contribution is -0.144. The van der Waals surface area contributed by atoms with E-state index < -0.39 is 12.0 Å². The summed E-state index contributed by atoms with van der Waals surface area (Å²) >= 11 is 0. The molecule has 0 aromatic carbocycles. The molecule has 2 atom stereocenters. The summed E-state index contributed by atoms with van der Waals surface area (Å²) < 4.78 is 0. The van der Waals surface area contributed by atoms with Gasteiger partial charge in [-0.05, 0) is 25.2 Å². The first-order valence-electron chi connectivity index (χ1n) is 6.88. The molecule has 2 unspecified atom stereocenters. The normalized spacial score (nSPS) is 26.7. The molecule has 1 amide bonds. The maximum atomic E-state index is 11.9. The Labute approximate surface area is 108 Å². The number of carbonyl (C=O) groups is 2. The molecule has 1 aliphatic heterocycles. The van der Waals surface area contributed by atoms with Crippen molar-refractivity contribution in [1.82, 2.24) is 10.2 Å². The molecule has 5 nitrogen and oxygen atoms in total. The Hall–Kier alpha value is -1.10. The van der Waals surface area contributed by atoms with E-state index in [0.29, 0.717) is 18.5 Å². The van der Waals surface area contributed by atoms with Crippen molar-refractivity contribution in [3.05, 3.63) is 0 Å². The molecule has 2 aliphatic rings. The van der Waals surface area contributed by atoms with Gasteiger partial charge < -0.3 is 10.4 Å². The first kappa shape index (κ1) is 13.3.